The van der Waals surface area contributed by atoms with Gasteiger partial charge in [0.1, 0.15) is 11.7 Å². The van der Waals surface area contributed by atoms with Gasteiger partial charge in [-0.2, -0.15) is 0 Å². The lowest BCUT2D eigenvalue weighted by molar-refractivity contribution is -0.0514. The first-order valence-corrected chi connectivity index (χ1v) is 18.8. The van der Waals surface area contributed by atoms with E-state index in [0.29, 0.717) is 9.84 Å². The van der Waals surface area contributed by atoms with Gasteiger partial charge in [0.25, 0.3) is 0 Å². The molecule has 1 aliphatic heterocycles. The zero-order chi connectivity index (χ0) is 27.8. The fraction of sp³-hybridized carbons (Fsp3) is 0.667. The van der Waals surface area contributed by atoms with E-state index >= 15 is 0 Å². The molecule has 5 rings (SSSR count). The number of aromatic nitrogens is 1. The molecule has 38 heavy (non-hydrogen) atoms. The predicted molar refractivity (Wildman–Crippen MR) is 169 cm³/mol. The number of rotatable bonds is 4. The quantitative estimate of drug-likeness (QED) is 0.189. The Morgan fingerprint density at radius 1 is 1.11 bits per heavy atom. The minimum atomic E-state index is -2.02. The van der Waals surface area contributed by atoms with Gasteiger partial charge < -0.3 is 9.16 Å². The van der Waals surface area contributed by atoms with Gasteiger partial charge in [-0.1, -0.05) is 101 Å². The Hall–Kier alpha value is -0.763. The number of ether oxygens (including phenoxy) is 1. The molecule has 0 radical (unpaired) electrons. The van der Waals surface area contributed by atoms with Crippen LogP contribution in [0.1, 0.15) is 131 Å². The number of alkyl halides is 1. The van der Waals surface area contributed by atoms with Gasteiger partial charge in [0.2, 0.25) is 0 Å². The molecule has 1 spiro atoms. The number of aryl methyl sites for hydroxylation is 1. The first-order valence-electron chi connectivity index (χ1n) is 14.7. The Kier molecular flexibility index (Phi) is 7.31. The van der Waals surface area contributed by atoms with Crippen molar-refractivity contribution >= 4 is 30.9 Å². The third-order valence-corrected chi connectivity index (χ3v) is 15.9. The van der Waals surface area contributed by atoms with E-state index in [1.54, 1.807) is 0 Å². The Labute approximate surface area is 246 Å². The molecule has 2 aromatic rings. The molecule has 0 amide bonds. The molecular formula is C33H48INO2Si. The maximum absolute atomic E-state index is 7.38. The van der Waals surface area contributed by atoms with Crippen LogP contribution in [0, 0.1) is 12.3 Å². The molecule has 4 atom stereocenters. The third kappa shape index (κ3) is 4.75. The van der Waals surface area contributed by atoms with Gasteiger partial charge in [0, 0.05) is 32.0 Å². The summed E-state index contributed by atoms with van der Waals surface area (Å²) in [4.78, 5) is 5.55. The van der Waals surface area contributed by atoms with E-state index in [9.17, 15) is 0 Å². The summed E-state index contributed by atoms with van der Waals surface area (Å²) in [5.41, 5.74) is 9.15. The second kappa shape index (κ2) is 9.66. The molecule has 3 unspecified atom stereocenters. The molecular weight excluding hydrogens is 597 g/mol. The van der Waals surface area contributed by atoms with Gasteiger partial charge in [0.05, 0.1) is 6.10 Å². The average molecular weight is 646 g/mol. The normalized spacial score (nSPS) is 28.7. The molecule has 3 nitrogen and oxygen atoms in total. The van der Waals surface area contributed by atoms with Gasteiger partial charge in [-0.3, -0.25) is 4.98 Å². The zero-order valence-electron chi connectivity index (χ0n) is 25.3. The van der Waals surface area contributed by atoms with E-state index in [0.717, 1.165) is 19.3 Å². The maximum Gasteiger partial charge on any atom is 0.192 e. The summed E-state index contributed by atoms with van der Waals surface area (Å²) in [7, 11) is -2.02. The van der Waals surface area contributed by atoms with Crippen LogP contribution in [-0.4, -0.2) is 17.2 Å². The van der Waals surface area contributed by atoms with Crippen molar-refractivity contribution in [1.29, 1.82) is 0 Å². The predicted octanol–water partition coefficient (Wildman–Crippen LogP) is 9.85. The van der Waals surface area contributed by atoms with E-state index < -0.39 is 8.32 Å². The lowest BCUT2D eigenvalue weighted by atomic mass is 9.70. The summed E-state index contributed by atoms with van der Waals surface area (Å²) in [6, 6.07) is 9.01. The van der Waals surface area contributed by atoms with Crippen LogP contribution in [0.4, 0.5) is 0 Å². The minimum absolute atomic E-state index is 0.0681. The second-order valence-corrected chi connectivity index (χ2v) is 21.1. The van der Waals surface area contributed by atoms with Crippen LogP contribution in [0.15, 0.2) is 24.3 Å². The number of fused-ring (bicyclic) bond motifs is 4. The van der Waals surface area contributed by atoms with Gasteiger partial charge >= 0.3 is 0 Å². The Bertz CT molecular complexity index is 1210. The van der Waals surface area contributed by atoms with Crippen LogP contribution in [-0.2, 0) is 21.2 Å². The maximum atomic E-state index is 7.38. The number of halogens is 1. The highest BCUT2D eigenvalue weighted by Gasteiger charge is 2.57. The van der Waals surface area contributed by atoms with Crippen molar-refractivity contribution in [2.75, 3.05) is 0 Å². The van der Waals surface area contributed by atoms with E-state index in [4.69, 9.17) is 14.1 Å². The SMILES string of the molecule is Cc1ccc([C@H]2OC3(CCCC3I)c3c4c(nc(C(C)C)c32)CC(C)(C)CC4O[Si](C)(C)C(C)(C)C)cc1. The molecule has 1 fully saturated rings. The molecule has 0 bridgehead atoms. The number of benzene rings is 1. The lowest BCUT2D eigenvalue weighted by Crippen LogP contribution is -2.44. The van der Waals surface area contributed by atoms with Gasteiger partial charge in [-0.15, -0.1) is 0 Å². The second-order valence-electron chi connectivity index (χ2n) is 14.9. The van der Waals surface area contributed by atoms with Crippen molar-refractivity contribution in [2.45, 2.75) is 133 Å². The molecule has 2 aliphatic carbocycles. The van der Waals surface area contributed by atoms with Crippen LogP contribution >= 0.6 is 22.6 Å². The number of nitrogens with zero attached hydrogens (tertiary/aromatic N) is 1. The van der Waals surface area contributed by atoms with Crippen molar-refractivity contribution < 1.29 is 9.16 Å². The Morgan fingerprint density at radius 3 is 2.32 bits per heavy atom. The third-order valence-electron chi connectivity index (χ3n) is 9.78. The molecule has 0 saturated heterocycles. The smallest absolute Gasteiger partial charge is 0.192 e. The topological polar surface area (TPSA) is 31.4 Å². The average Bonchev–Trinajstić information content (AvgIpc) is 3.32. The van der Waals surface area contributed by atoms with Crippen LogP contribution in [0.3, 0.4) is 0 Å². The first-order chi connectivity index (χ1) is 17.6. The Balaban J connectivity index is 1.80. The zero-order valence-corrected chi connectivity index (χ0v) is 28.5. The van der Waals surface area contributed by atoms with Crippen LogP contribution < -0.4 is 0 Å². The van der Waals surface area contributed by atoms with Crippen LogP contribution in [0.2, 0.25) is 18.1 Å². The molecule has 0 N–H and O–H groups in total. The van der Waals surface area contributed by atoms with E-state index in [2.05, 4.69) is 115 Å². The summed E-state index contributed by atoms with van der Waals surface area (Å²) in [5.74, 6) is 0.333. The van der Waals surface area contributed by atoms with Crippen LogP contribution in [0.5, 0.6) is 0 Å². The highest BCUT2D eigenvalue weighted by Crippen LogP contribution is 2.62. The van der Waals surface area contributed by atoms with E-state index in [1.165, 1.54) is 52.0 Å². The lowest BCUT2D eigenvalue weighted by Gasteiger charge is -2.45. The van der Waals surface area contributed by atoms with Crippen molar-refractivity contribution in [2.24, 2.45) is 5.41 Å². The highest BCUT2D eigenvalue weighted by atomic mass is 127. The van der Waals surface area contributed by atoms with Crippen molar-refractivity contribution in [3.63, 3.8) is 0 Å². The monoisotopic (exact) mass is 645 g/mol. The summed E-state index contributed by atoms with van der Waals surface area (Å²) in [6.45, 7) is 23.5. The summed E-state index contributed by atoms with van der Waals surface area (Å²) in [6.07, 6.45) is 5.54. The molecule has 5 heteroatoms. The summed E-state index contributed by atoms with van der Waals surface area (Å²) in [5, 5.41) is 0.154. The molecule has 208 valence electrons. The molecule has 1 aromatic carbocycles. The number of hydrogen-bond acceptors (Lipinski definition) is 3. The van der Waals surface area contributed by atoms with Gasteiger partial charge in [-0.05, 0) is 74.1 Å². The first kappa shape index (κ1) is 28.8. The fourth-order valence-electron chi connectivity index (χ4n) is 6.74. The largest absolute Gasteiger partial charge is 0.410 e. The molecule has 1 aromatic heterocycles. The van der Waals surface area contributed by atoms with E-state index in [-0.39, 0.29) is 28.3 Å². The van der Waals surface area contributed by atoms with Crippen molar-refractivity contribution in [3.05, 3.63) is 63.5 Å². The standard InChI is InChI=1S/C33H48INO2Si/c1-20(2)29-27-28(33(17-11-12-25(33)34)36-30(27)22-15-13-21(3)14-16-22)26-23(35-29)18-32(7,8)19-24(26)37-38(9,10)31(4,5)6/h13-16,20,24-25,30H,11-12,17-19H2,1-10H3/t24?,25?,30-,33?/m1/s1. The highest BCUT2D eigenvalue weighted by molar-refractivity contribution is 14.1. The van der Waals surface area contributed by atoms with Gasteiger partial charge in [-0.25, -0.2) is 0 Å². The summed E-state index contributed by atoms with van der Waals surface area (Å²) >= 11 is 2.70. The minimum Gasteiger partial charge on any atom is -0.410 e. The summed E-state index contributed by atoms with van der Waals surface area (Å²) < 4.78 is 15.2. The van der Waals surface area contributed by atoms with Gasteiger partial charge in [0.15, 0.2) is 8.32 Å². The van der Waals surface area contributed by atoms with Crippen LogP contribution in [0.25, 0.3) is 0 Å². The molecule has 3 aliphatic rings. The van der Waals surface area contributed by atoms with Crippen molar-refractivity contribution in [1.82, 2.24) is 4.98 Å². The number of hydrogen-bond donors (Lipinski definition) is 0. The molecule has 2 heterocycles. The Morgan fingerprint density at radius 2 is 1.76 bits per heavy atom. The van der Waals surface area contributed by atoms with E-state index in [1.807, 2.05) is 0 Å². The van der Waals surface area contributed by atoms with Crippen molar-refractivity contribution in [3.8, 4) is 0 Å². The fourth-order valence-corrected chi connectivity index (χ4v) is 9.22. The molecule has 1 saturated carbocycles. The number of pyridine rings is 1.